The molecule has 2 rings (SSSR count). The highest BCUT2D eigenvalue weighted by Gasteiger charge is 2.32. The van der Waals surface area contributed by atoms with Gasteiger partial charge >= 0.3 is 6.36 Å². The Balaban J connectivity index is 0.00000200. The monoisotopic (exact) mass is 310 g/mol. The van der Waals surface area contributed by atoms with E-state index in [9.17, 15) is 13.2 Å². The molecule has 1 aliphatic rings. The van der Waals surface area contributed by atoms with E-state index in [1.165, 1.54) is 12.1 Å². The summed E-state index contributed by atoms with van der Waals surface area (Å²) in [5, 5.41) is 0. The first-order valence-corrected chi connectivity index (χ1v) is 6.25. The van der Waals surface area contributed by atoms with Crippen LogP contribution in [0.5, 0.6) is 5.75 Å². The molecule has 1 heterocycles. The number of halogens is 4. The van der Waals surface area contributed by atoms with E-state index in [2.05, 4.69) is 9.64 Å². The molecule has 0 amide bonds. The highest BCUT2D eigenvalue weighted by molar-refractivity contribution is 5.85. The van der Waals surface area contributed by atoms with Gasteiger partial charge in [-0.25, -0.2) is 0 Å². The number of rotatable bonds is 3. The summed E-state index contributed by atoms with van der Waals surface area (Å²) >= 11 is 0. The minimum atomic E-state index is -4.65. The number of ether oxygens (including phenoxy) is 1. The van der Waals surface area contributed by atoms with Gasteiger partial charge in [-0.15, -0.1) is 25.6 Å². The smallest absolute Gasteiger partial charge is 0.405 e. The van der Waals surface area contributed by atoms with Crippen LogP contribution in [0.2, 0.25) is 0 Å². The average Bonchev–Trinajstić information content (AvgIpc) is 2.33. The summed E-state index contributed by atoms with van der Waals surface area (Å²) in [6.45, 7) is 2.07. The molecule has 1 fully saturated rings. The van der Waals surface area contributed by atoms with Gasteiger partial charge in [0.2, 0.25) is 0 Å². The van der Waals surface area contributed by atoms with Gasteiger partial charge in [0.15, 0.2) is 0 Å². The van der Waals surface area contributed by atoms with Gasteiger partial charge in [0.25, 0.3) is 0 Å². The topological polar surface area (TPSA) is 38.5 Å². The fourth-order valence-corrected chi connectivity index (χ4v) is 2.21. The van der Waals surface area contributed by atoms with E-state index in [0.29, 0.717) is 12.1 Å². The van der Waals surface area contributed by atoms with Crippen molar-refractivity contribution in [3.8, 4) is 5.75 Å². The first-order valence-electron chi connectivity index (χ1n) is 6.25. The molecule has 1 aromatic rings. The quantitative estimate of drug-likeness (QED) is 0.933. The molecule has 1 saturated heterocycles. The fraction of sp³-hybridized carbons (Fsp3) is 0.538. The molecule has 20 heavy (non-hydrogen) atoms. The molecule has 0 bridgehead atoms. The number of para-hydroxylation sites is 1. The summed E-state index contributed by atoms with van der Waals surface area (Å²) in [5.74, 6) is -0.120. The number of nitrogens with two attached hydrogens (primary N) is 1. The summed E-state index contributed by atoms with van der Waals surface area (Å²) in [6, 6.07) is 6.47. The van der Waals surface area contributed by atoms with E-state index >= 15 is 0 Å². The second kappa shape index (κ2) is 7.15. The molecule has 3 nitrogen and oxygen atoms in total. The molecule has 2 N–H and O–H groups in total. The molecule has 1 aliphatic heterocycles. The minimum Gasteiger partial charge on any atom is -0.405 e. The third kappa shape index (κ3) is 5.19. The SMILES string of the molecule is Cl.NC1CCN(Cc2ccccc2OC(F)(F)F)CC1. The Morgan fingerprint density at radius 1 is 1.20 bits per heavy atom. The number of hydrogen-bond acceptors (Lipinski definition) is 3. The van der Waals surface area contributed by atoms with Crippen LogP contribution in [-0.2, 0) is 6.54 Å². The predicted molar refractivity (Wildman–Crippen MR) is 72.9 cm³/mol. The van der Waals surface area contributed by atoms with Gasteiger partial charge in [0, 0.05) is 18.2 Å². The van der Waals surface area contributed by atoms with E-state index in [1.54, 1.807) is 12.1 Å². The Bertz CT molecular complexity index is 420. The Labute approximate surface area is 122 Å². The Morgan fingerprint density at radius 2 is 1.80 bits per heavy atom. The normalized spacial score (nSPS) is 17.6. The zero-order valence-corrected chi connectivity index (χ0v) is 11.7. The van der Waals surface area contributed by atoms with Crippen molar-refractivity contribution >= 4 is 12.4 Å². The summed E-state index contributed by atoms with van der Waals surface area (Å²) in [6.07, 6.45) is -2.90. The van der Waals surface area contributed by atoms with Gasteiger partial charge in [-0.3, -0.25) is 4.90 Å². The molecule has 0 saturated carbocycles. The molecule has 1 aromatic carbocycles. The van der Waals surface area contributed by atoms with Gasteiger partial charge in [-0.05, 0) is 32.0 Å². The molecule has 0 aliphatic carbocycles. The summed E-state index contributed by atoms with van der Waals surface area (Å²) in [7, 11) is 0. The largest absolute Gasteiger partial charge is 0.573 e. The first-order chi connectivity index (χ1) is 8.94. The van der Waals surface area contributed by atoms with Crippen molar-refractivity contribution in [2.24, 2.45) is 5.73 Å². The Kier molecular flexibility index (Phi) is 6.10. The highest BCUT2D eigenvalue weighted by Crippen LogP contribution is 2.27. The van der Waals surface area contributed by atoms with Crippen LogP contribution in [-0.4, -0.2) is 30.4 Å². The van der Waals surface area contributed by atoms with Crippen molar-refractivity contribution < 1.29 is 17.9 Å². The lowest BCUT2D eigenvalue weighted by Gasteiger charge is -2.30. The van der Waals surface area contributed by atoms with Crippen LogP contribution in [0, 0.1) is 0 Å². The third-order valence-corrected chi connectivity index (χ3v) is 3.22. The van der Waals surface area contributed by atoms with Gasteiger partial charge < -0.3 is 10.5 Å². The van der Waals surface area contributed by atoms with Crippen LogP contribution in [0.3, 0.4) is 0 Å². The Hall–Kier alpha value is -0.980. The number of nitrogens with zero attached hydrogens (tertiary/aromatic N) is 1. The van der Waals surface area contributed by atoms with Crippen molar-refractivity contribution in [3.05, 3.63) is 29.8 Å². The van der Waals surface area contributed by atoms with Gasteiger partial charge in [0.1, 0.15) is 5.75 Å². The van der Waals surface area contributed by atoms with Crippen LogP contribution in [0.4, 0.5) is 13.2 Å². The maximum absolute atomic E-state index is 12.3. The predicted octanol–water partition coefficient (Wildman–Crippen LogP) is 2.93. The highest BCUT2D eigenvalue weighted by atomic mass is 35.5. The lowest BCUT2D eigenvalue weighted by atomic mass is 10.1. The van der Waals surface area contributed by atoms with Gasteiger partial charge in [-0.2, -0.15) is 0 Å². The molecule has 0 unspecified atom stereocenters. The van der Waals surface area contributed by atoms with Crippen molar-refractivity contribution in [2.75, 3.05) is 13.1 Å². The summed E-state index contributed by atoms with van der Waals surface area (Å²) in [4.78, 5) is 2.10. The summed E-state index contributed by atoms with van der Waals surface area (Å²) in [5.41, 5.74) is 6.35. The van der Waals surface area contributed by atoms with Crippen molar-refractivity contribution in [1.82, 2.24) is 4.90 Å². The number of benzene rings is 1. The van der Waals surface area contributed by atoms with E-state index in [1.807, 2.05) is 0 Å². The van der Waals surface area contributed by atoms with Crippen LogP contribution in [0.15, 0.2) is 24.3 Å². The van der Waals surface area contributed by atoms with Crippen molar-refractivity contribution in [2.45, 2.75) is 31.8 Å². The standard InChI is InChI=1S/C13H17F3N2O.ClH/c14-13(15,16)19-12-4-2-1-3-10(12)9-18-7-5-11(17)6-8-18;/h1-4,11H,5-9,17H2;1H. The molecule has 114 valence electrons. The van der Waals surface area contributed by atoms with Gasteiger partial charge in [0.05, 0.1) is 0 Å². The Morgan fingerprint density at radius 3 is 2.40 bits per heavy atom. The van der Waals surface area contributed by atoms with E-state index in [0.717, 1.165) is 25.9 Å². The molecule has 0 spiro atoms. The van der Waals surface area contributed by atoms with Crippen LogP contribution in [0.1, 0.15) is 18.4 Å². The molecular weight excluding hydrogens is 293 g/mol. The maximum atomic E-state index is 12.3. The molecule has 0 atom stereocenters. The zero-order chi connectivity index (χ0) is 13.9. The van der Waals surface area contributed by atoms with Crippen LogP contribution < -0.4 is 10.5 Å². The molecular formula is C13H18ClF3N2O. The lowest BCUT2D eigenvalue weighted by Crippen LogP contribution is -2.39. The molecule has 0 aromatic heterocycles. The average molecular weight is 311 g/mol. The summed E-state index contributed by atoms with van der Waals surface area (Å²) < 4.78 is 40.9. The van der Waals surface area contributed by atoms with E-state index in [4.69, 9.17) is 5.73 Å². The zero-order valence-electron chi connectivity index (χ0n) is 10.9. The lowest BCUT2D eigenvalue weighted by molar-refractivity contribution is -0.275. The minimum absolute atomic E-state index is 0. The number of likely N-dealkylation sites (tertiary alicyclic amines) is 1. The van der Waals surface area contributed by atoms with E-state index in [-0.39, 0.29) is 24.2 Å². The van der Waals surface area contributed by atoms with E-state index < -0.39 is 6.36 Å². The van der Waals surface area contributed by atoms with Crippen molar-refractivity contribution in [3.63, 3.8) is 0 Å². The maximum Gasteiger partial charge on any atom is 0.573 e. The van der Waals surface area contributed by atoms with Crippen molar-refractivity contribution in [1.29, 1.82) is 0 Å². The molecule has 7 heteroatoms. The third-order valence-electron chi connectivity index (χ3n) is 3.22. The molecule has 0 radical (unpaired) electrons. The second-order valence-corrected chi connectivity index (χ2v) is 4.77. The fourth-order valence-electron chi connectivity index (χ4n) is 2.21. The number of hydrogen-bond donors (Lipinski definition) is 1. The van der Waals surface area contributed by atoms with Crippen LogP contribution in [0.25, 0.3) is 0 Å². The van der Waals surface area contributed by atoms with Gasteiger partial charge in [-0.1, -0.05) is 18.2 Å². The number of alkyl halides is 3. The first kappa shape index (κ1) is 17.1. The van der Waals surface area contributed by atoms with Crippen LogP contribution >= 0.6 is 12.4 Å². The number of piperidine rings is 1. The second-order valence-electron chi connectivity index (χ2n) is 4.77.